The second-order valence-corrected chi connectivity index (χ2v) is 5.79. The maximum Gasteiger partial charge on any atom is 0.416 e. The van der Waals surface area contributed by atoms with Crippen LogP contribution in [0.2, 0.25) is 5.02 Å². The Hall–Kier alpha value is -1.24. The molecule has 1 aromatic heterocycles. The Morgan fingerprint density at radius 2 is 1.90 bits per heavy atom. The number of thioether (sulfide) groups is 1. The van der Waals surface area contributed by atoms with E-state index in [-0.39, 0.29) is 5.56 Å². The summed E-state index contributed by atoms with van der Waals surface area (Å²) < 4.78 is 38.8. The molecule has 0 radical (unpaired) electrons. The molecule has 21 heavy (non-hydrogen) atoms. The van der Waals surface area contributed by atoms with Crippen LogP contribution in [-0.2, 0) is 6.18 Å². The standard InChI is InChI=1S/C14H12ClF3N2S/c15-9-5-6-13(20-7-9)21-8-12(19)10-3-1-2-4-11(10)14(16,17)18/h1-7,12H,8,19H2. The molecule has 0 spiro atoms. The van der Waals surface area contributed by atoms with E-state index in [9.17, 15) is 13.2 Å². The predicted molar refractivity (Wildman–Crippen MR) is 78.3 cm³/mol. The average Bonchev–Trinajstić information content (AvgIpc) is 2.45. The summed E-state index contributed by atoms with van der Waals surface area (Å²) in [6.07, 6.45) is -2.92. The van der Waals surface area contributed by atoms with Gasteiger partial charge in [0.2, 0.25) is 0 Å². The molecule has 7 heteroatoms. The van der Waals surface area contributed by atoms with E-state index < -0.39 is 17.8 Å². The van der Waals surface area contributed by atoms with Gasteiger partial charge in [-0.15, -0.1) is 11.8 Å². The van der Waals surface area contributed by atoms with E-state index in [0.717, 1.165) is 6.07 Å². The van der Waals surface area contributed by atoms with Crippen LogP contribution in [0.15, 0.2) is 47.6 Å². The van der Waals surface area contributed by atoms with Crippen LogP contribution in [0.5, 0.6) is 0 Å². The lowest BCUT2D eigenvalue weighted by Gasteiger charge is -2.17. The van der Waals surface area contributed by atoms with Crippen LogP contribution in [0.4, 0.5) is 13.2 Å². The molecule has 0 amide bonds. The number of benzene rings is 1. The van der Waals surface area contributed by atoms with Crippen molar-refractivity contribution in [2.45, 2.75) is 17.2 Å². The van der Waals surface area contributed by atoms with Crippen LogP contribution >= 0.6 is 23.4 Å². The molecule has 1 unspecified atom stereocenters. The van der Waals surface area contributed by atoms with Crippen molar-refractivity contribution in [1.82, 2.24) is 4.98 Å². The van der Waals surface area contributed by atoms with Crippen molar-refractivity contribution >= 4 is 23.4 Å². The Bertz CT molecular complexity index is 602. The highest BCUT2D eigenvalue weighted by Gasteiger charge is 2.34. The van der Waals surface area contributed by atoms with Crippen LogP contribution < -0.4 is 5.73 Å². The molecule has 0 aliphatic rings. The second-order valence-electron chi connectivity index (χ2n) is 4.32. The third-order valence-corrected chi connectivity index (χ3v) is 4.06. The minimum Gasteiger partial charge on any atom is -0.323 e. The summed E-state index contributed by atoms with van der Waals surface area (Å²) in [5.41, 5.74) is 5.29. The first-order valence-electron chi connectivity index (χ1n) is 6.04. The first kappa shape index (κ1) is 16.1. The maximum atomic E-state index is 12.9. The Balaban J connectivity index is 2.10. The second kappa shape index (κ2) is 6.68. The lowest BCUT2D eigenvalue weighted by atomic mass is 10.0. The summed E-state index contributed by atoms with van der Waals surface area (Å²) in [5, 5.41) is 1.17. The highest BCUT2D eigenvalue weighted by Crippen LogP contribution is 2.35. The summed E-state index contributed by atoms with van der Waals surface area (Å²) >= 11 is 7.01. The fourth-order valence-corrected chi connectivity index (χ4v) is 2.72. The van der Waals surface area contributed by atoms with Crippen molar-refractivity contribution in [3.63, 3.8) is 0 Å². The molecule has 0 bridgehead atoms. The molecule has 0 fully saturated rings. The molecule has 2 nitrogen and oxygen atoms in total. The Kier molecular flexibility index (Phi) is 5.13. The third kappa shape index (κ3) is 4.36. The number of hydrogen-bond donors (Lipinski definition) is 1. The topological polar surface area (TPSA) is 38.9 Å². The molecule has 0 aliphatic heterocycles. The molecular formula is C14H12ClF3N2S. The zero-order valence-electron chi connectivity index (χ0n) is 10.8. The average molecular weight is 333 g/mol. The normalized spacial score (nSPS) is 13.2. The van der Waals surface area contributed by atoms with E-state index >= 15 is 0 Å². The van der Waals surface area contributed by atoms with Gasteiger partial charge in [0.1, 0.15) is 0 Å². The number of pyridine rings is 1. The lowest BCUT2D eigenvalue weighted by Crippen LogP contribution is -2.19. The quantitative estimate of drug-likeness (QED) is 0.835. The van der Waals surface area contributed by atoms with Crippen molar-refractivity contribution in [2.75, 3.05) is 5.75 Å². The Labute approximate surface area is 129 Å². The number of halogens is 4. The number of rotatable bonds is 4. The molecule has 2 N–H and O–H groups in total. The Morgan fingerprint density at radius 3 is 2.52 bits per heavy atom. The monoisotopic (exact) mass is 332 g/mol. The summed E-state index contributed by atoms with van der Waals surface area (Å²) in [6.45, 7) is 0. The van der Waals surface area contributed by atoms with Crippen molar-refractivity contribution in [1.29, 1.82) is 0 Å². The lowest BCUT2D eigenvalue weighted by molar-refractivity contribution is -0.138. The molecule has 1 heterocycles. The van der Waals surface area contributed by atoms with Crippen LogP contribution in [0.25, 0.3) is 0 Å². The van der Waals surface area contributed by atoms with Gasteiger partial charge in [-0.25, -0.2) is 4.98 Å². The fraction of sp³-hybridized carbons (Fsp3) is 0.214. The molecule has 1 aromatic carbocycles. The molecule has 2 aromatic rings. The van der Waals surface area contributed by atoms with E-state index in [1.807, 2.05) is 0 Å². The number of hydrogen-bond acceptors (Lipinski definition) is 3. The van der Waals surface area contributed by atoms with Crippen LogP contribution in [-0.4, -0.2) is 10.7 Å². The molecule has 0 saturated heterocycles. The van der Waals surface area contributed by atoms with Crippen LogP contribution in [0.3, 0.4) is 0 Å². The molecule has 112 valence electrons. The largest absolute Gasteiger partial charge is 0.416 e. The molecule has 2 rings (SSSR count). The number of nitrogens with two attached hydrogens (primary N) is 1. The van der Waals surface area contributed by atoms with Crippen molar-refractivity contribution < 1.29 is 13.2 Å². The van der Waals surface area contributed by atoms with Crippen molar-refractivity contribution in [3.05, 3.63) is 58.7 Å². The van der Waals surface area contributed by atoms with Gasteiger partial charge >= 0.3 is 6.18 Å². The SMILES string of the molecule is NC(CSc1ccc(Cl)cn1)c1ccccc1C(F)(F)F. The van der Waals surface area contributed by atoms with Gasteiger partial charge in [-0.3, -0.25) is 0 Å². The third-order valence-electron chi connectivity index (χ3n) is 2.78. The molecule has 1 atom stereocenters. The van der Waals surface area contributed by atoms with Gasteiger partial charge in [0.05, 0.1) is 15.6 Å². The van der Waals surface area contributed by atoms with Crippen LogP contribution in [0.1, 0.15) is 17.2 Å². The summed E-state index contributed by atoms with van der Waals surface area (Å²) in [6, 6.07) is 8.00. The first-order valence-corrected chi connectivity index (χ1v) is 7.40. The van der Waals surface area contributed by atoms with Gasteiger partial charge in [-0.1, -0.05) is 29.8 Å². The number of nitrogens with zero attached hydrogens (tertiary/aromatic N) is 1. The van der Waals surface area contributed by atoms with Crippen LogP contribution in [0, 0.1) is 0 Å². The summed E-state index contributed by atoms with van der Waals surface area (Å²) in [5.74, 6) is 0.293. The highest BCUT2D eigenvalue weighted by atomic mass is 35.5. The van der Waals surface area contributed by atoms with E-state index in [2.05, 4.69) is 4.98 Å². The summed E-state index contributed by atoms with van der Waals surface area (Å²) in [7, 11) is 0. The number of alkyl halides is 3. The summed E-state index contributed by atoms with van der Waals surface area (Å²) in [4.78, 5) is 4.07. The number of aromatic nitrogens is 1. The molecular weight excluding hydrogens is 321 g/mol. The predicted octanol–water partition coefficient (Wildman–Crippen LogP) is 4.55. The van der Waals surface area contributed by atoms with Gasteiger partial charge in [-0.05, 0) is 23.8 Å². The maximum absolute atomic E-state index is 12.9. The zero-order chi connectivity index (χ0) is 15.5. The highest BCUT2D eigenvalue weighted by molar-refractivity contribution is 7.99. The van der Waals surface area contributed by atoms with Gasteiger partial charge < -0.3 is 5.73 Å². The Morgan fingerprint density at radius 1 is 1.19 bits per heavy atom. The fourth-order valence-electron chi connectivity index (χ4n) is 1.79. The van der Waals surface area contributed by atoms with E-state index in [4.69, 9.17) is 17.3 Å². The minimum absolute atomic E-state index is 0.0893. The van der Waals surface area contributed by atoms with Gasteiger partial charge in [0, 0.05) is 18.0 Å². The minimum atomic E-state index is -4.41. The van der Waals surface area contributed by atoms with Crippen molar-refractivity contribution in [2.24, 2.45) is 5.73 Å². The van der Waals surface area contributed by atoms with E-state index in [1.54, 1.807) is 18.2 Å². The van der Waals surface area contributed by atoms with E-state index in [1.165, 1.54) is 30.1 Å². The molecule has 0 aliphatic carbocycles. The smallest absolute Gasteiger partial charge is 0.323 e. The van der Waals surface area contributed by atoms with Gasteiger partial charge in [0.15, 0.2) is 0 Å². The zero-order valence-corrected chi connectivity index (χ0v) is 12.3. The van der Waals surface area contributed by atoms with Gasteiger partial charge in [0.25, 0.3) is 0 Å². The first-order chi connectivity index (χ1) is 9.88. The molecule has 0 saturated carbocycles. The van der Waals surface area contributed by atoms with Gasteiger partial charge in [-0.2, -0.15) is 13.2 Å². The van der Waals surface area contributed by atoms with Crippen molar-refractivity contribution in [3.8, 4) is 0 Å². The van der Waals surface area contributed by atoms with E-state index in [0.29, 0.717) is 15.8 Å².